The van der Waals surface area contributed by atoms with Gasteiger partial charge in [0.25, 0.3) is 5.91 Å². The van der Waals surface area contributed by atoms with Gasteiger partial charge in [0.1, 0.15) is 18.4 Å². The van der Waals surface area contributed by atoms with Crippen LogP contribution in [-0.4, -0.2) is 54.8 Å². The van der Waals surface area contributed by atoms with Crippen LogP contribution in [0.3, 0.4) is 0 Å². The molecule has 0 bridgehead atoms. The molecule has 2 atom stereocenters. The molecule has 0 saturated heterocycles. The van der Waals surface area contributed by atoms with Crippen molar-refractivity contribution in [3.8, 4) is 5.75 Å². The van der Waals surface area contributed by atoms with E-state index in [1.54, 1.807) is 13.0 Å². The van der Waals surface area contributed by atoms with Gasteiger partial charge >= 0.3 is 5.97 Å². The summed E-state index contributed by atoms with van der Waals surface area (Å²) >= 11 is 0. The number of pyridine rings is 1. The number of ether oxygens (including phenoxy) is 1. The van der Waals surface area contributed by atoms with Crippen LogP contribution in [0.4, 0.5) is 0 Å². The monoisotopic (exact) mass is 438 g/mol. The summed E-state index contributed by atoms with van der Waals surface area (Å²) in [6.45, 7) is 15.0. The highest BCUT2D eigenvalue weighted by Crippen LogP contribution is 2.37. The van der Waals surface area contributed by atoms with E-state index in [2.05, 4.69) is 44.2 Å². The number of Topliss-reactive ketones (excluding diaryl/α,β-unsaturated/α-hetero) is 1. The number of ketones is 1. The van der Waals surface area contributed by atoms with E-state index < -0.39 is 26.2 Å². The van der Waals surface area contributed by atoms with Crippen molar-refractivity contribution >= 4 is 26.0 Å². The Morgan fingerprint density at radius 2 is 1.87 bits per heavy atom. The second-order valence-corrected chi connectivity index (χ2v) is 13.8. The van der Waals surface area contributed by atoms with Crippen molar-refractivity contribution in [1.82, 2.24) is 10.3 Å². The first kappa shape index (κ1) is 25.8. The molecule has 0 fully saturated rings. The van der Waals surface area contributed by atoms with Crippen LogP contribution in [0.25, 0.3) is 0 Å². The highest BCUT2D eigenvalue weighted by Gasteiger charge is 2.38. The number of aryl methyl sites for hydroxylation is 1. The first-order valence-electron chi connectivity index (χ1n) is 9.95. The second-order valence-electron chi connectivity index (χ2n) is 9.04. The van der Waals surface area contributed by atoms with Crippen molar-refractivity contribution in [1.29, 1.82) is 0 Å². The number of aromatic nitrogens is 1. The predicted molar refractivity (Wildman–Crippen MR) is 116 cm³/mol. The number of rotatable bonds is 9. The smallest absolute Gasteiger partial charge is 0.308 e. The van der Waals surface area contributed by atoms with Crippen molar-refractivity contribution in [3.05, 3.63) is 23.5 Å². The van der Waals surface area contributed by atoms with Gasteiger partial charge in [-0.05, 0) is 50.5 Å². The van der Waals surface area contributed by atoms with Gasteiger partial charge in [-0.15, -0.1) is 0 Å². The fourth-order valence-electron chi connectivity index (χ4n) is 2.40. The van der Waals surface area contributed by atoms with E-state index in [1.165, 1.54) is 13.1 Å². The van der Waals surface area contributed by atoms with Gasteiger partial charge in [0.05, 0.1) is 12.5 Å². The van der Waals surface area contributed by atoms with Crippen LogP contribution in [0.1, 0.15) is 57.1 Å². The average molecular weight is 439 g/mol. The molecule has 0 spiro atoms. The molecule has 0 aliphatic rings. The molecular weight excluding hydrogens is 404 g/mol. The Labute approximate surface area is 179 Å². The third-order valence-corrected chi connectivity index (χ3v) is 9.91. The van der Waals surface area contributed by atoms with Gasteiger partial charge in [0, 0.05) is 6.20 Å². The Morgan fingerprint density at radius 3 is 2.40 bits per heavy atom. The Kier molecular flexibility index (Phi) is 8.73. The average Bonchev–Trinajstić information content (AvgIpc) is 2.58. The molecule has 8 nitrogen and oxygen atoms in total. The lowest BCUT2D eigenvalue weighted by molar-refractivity contribution is -0.146. The molecule has 1 aromatic heterocycles. The number of nitrogens with zero attached hydrogens (tertiary/aromatic N) is 1. The quantitative estimate of drug-likeness (QED) is 0.449. The minimum Gasteiger partial charge on any atom is -0.505 e. The Bertz CT molecular complexity index is 788. The van der Waals surface area contributed by atoms with Crippen LogP contribution in [0, 0.1) is 6.92 Å². The molecule has 0 saturated carbocycles. The zero-order valence-electron chi connectivity index (χ0n) is 19.2. The van der Waals surface area contributed by atoms with E-state index in [4.69, 9.17) is 9.16 Å². The number of hydrogen-bond acceptors (Lipinski definition) is 7. The fourth-order valence-corrected chi connectivity index (χ4v) is 3.84. The molecule has 0 aromatic carbocycles. The first-order valence-corrected chi connectivity index (χ1v) is 12.9. The summed E-state index contributed by atoms with van der Waals surface area (Å²) in [6, 6.07) is 0.517. The first-order chi connectivity index (χ1) is 13.7. The largest absolute Gasteiger partial charge is 0.505 e. The maximum atomic E-state index is 12.4. The van der Waals surface area contributed by atoms with Gasteiger partial charge < -0.3 is 19.6 Å². The zero-order valence-corrected chi connectivity index (χ0v) is 20.2. The van der Waals surface area contributed by atoms with E-state index in [-0.39, 0.29) is 41.4 Å². The van der Waals surface area contributed by atoms with Crippen molar-refractivity contribution in [3.63, 3.8) is 0 Å². The van der Waals surface area contributed by atoms with Crippen LogP contribution in [-0.2, 0) is 18.8 Å². The van der Waals surface area contributed by atoms with Crippen molar-refractivity contribution in [2.45, 2.75) is 78.2 Å². The Hall–Kier alpha value is -2.26. The molecular formula is C21H34N2O6Si. The molecule has 9 heteroatoms. The van der Waals surface area contributed by atoms with E-state index in [0.29, 0.717) is 5.56 Å². The molecule has 2 N–H and O–H groups in total. The van der Waals surface area contributed by atoms with Crippen LogP contribution >= 0.6 is 0 Å². The molecule has 168 valence electrons. The number of aromatic hydroxyl groups is 1. The van der Waals surface area contributed by atoms with Crippen LogP contribution < -0.4 is 5.32 Å². The molecule has 1 amide bonds. The topological polar surface area (TPSA) is 115 Å². The lowest BCUT2D eigenvalue weighted by Crippen LogP contribution is -2.45. The fraction of sp³-hybridized carbons (Fsp3) is 0.619. The number of esters is 1. The van der Waals surface area contributed by atoms with E-state index in [1.807, 2.05) is 6.92 Å². The number of carbonyl (C=O) groups excluding carboxylic acids is 3. The summed E-state index contributed by atoms with van der Waals surface area (Å²) in [5.41, 5.74) is 0.292. The zero-order chi connectivity index (χ0) is 23.3. The van der Waals surface area contributed by atoms with Gasteiger partial charge in [-0.2, -0.15) is 0 Å². The van der Waals surface area contributed by atoms with Gasteiger partial charge in [-0.3, -0.25) is 14.4 Å². The lowest BCUT2D eigenvalue weighted by Gasteiger charge is -2.38. The van der Waals surface area contributed by atoms with Crippen LogP contribution in [0.15, 0.2) is 12.3 Å². The maximum absolute atomic E-state index is 12.4. The van der Waals surface area contributed by atoms with E-state index in [0.717, 1.165) is 0 Å². The highest BCUT2D eigenvalue weighted by molar-refractivity contribution is 6.74. The van der Waals surface area contributed by atoms with Crippen LogP contribution in [0.2, 0.25) is 18.1 Å². The normalized spacial score (nSPS) is 14.0. The van der Waals surface area contributed by atoms with E-state index >= 15 is 0 Å². The summed E-state index contributed by atoms with van der Waals surface area (Å²) in [6.07, 6.45) is 1.11. The second kappa shape index (κ2) is 10.2. The van der Waals surface area contributed by atoms with Crippen molar-refractivity contribution in [2.75, 3.05) is 6.61 Å². The Morgan fingerprint density at radius 1 is 1.27 bits per heavy atom. The number of amides is 1. The van der Waals surface area contributed by atoms with Crippen molar-refractivity contribution in [2.24, 2.45) is 0 Å². The minimum atomic E-state index is -2.02. The van der Waals surface area contributed by atoms with Crippen LogP contribution in [0.5, 0.6) is 5.75 Å². The third-order valence-electron chi connectivity index (χ3n) is 5.30. The van der Waals surface area contributed by atoms with Crippen molar-refractivity contribution < 1.29 is 28.7 Å². The molecule has 1 aromatic rings. The molecule has 1 rings (SSSR count). The molecule has 30 heavy (non-hydrogen) atoms. The van der Waals surface area contributed by atoms with Gasteiger partial charge in [0.15, 0.2) is 19.8 Å². The minimum absolute atomic E-state index is 0.0184. The molecule has 0 aliphatic heterocycles. The lowest BCUT2D eigenvalue weighted by atomic mass is 10.2. The molecule has 1 heterocycles. The summed E-state index contributed by atoms with van der Waals surface area (Å²) in [7, 11) is -2.02. The third kappa shape index (κ3) is 7.21. The van der Waals surface area contributed by atoms with Gasteiger partial charge in [-0.25, -0.2) is 4.98 Å². The molecule has 0 aliphatic carbocycles. The molecule has 0 radical (unpaired) electrons. The molecule has 2 unspecified atom stereocenters. The number of hydrogen-bond donors (Lipinski definition) is 2. The number of carbonyl (C=O) groups is 3. The highest BCUT2D eigenvalue weighted by atomic mass is 28.4. The maximum Gasteiger partial charge on any atom is 0.308 e. The summed E-state index contributed by atoms with van der Waals surface area (Å²) in [5.74, 6) is -1.87. The van der Waals surface area contributed by atoms with E-state index in [9.17, 15) is 19.5 Å². The summed E-state index contributed by atoms with van der Waals surface area (Å²) in [5, 5.41) is 12.5. The Balaban J connectivity index is 2.66. The predicted octanol–water partition coefficient (Wildman–Crippen LogP) is 3.13. The standard InChI is InChI=1S/C21H34N2O6Si/c1-13-9-10-22-18(19(13)26)20(27)23-16(15(3)24)12-28-17(25)11-14(2)29-30(7,8)21(4,5)6/h9-10,14,16,26H,11-12H2,1-8H3,(H,23,27). The van der Waals surface area contributed by atoms with Gasteiger partial charge in [0.2, 0.25) is 0 Å². The SMILES string of the molecule is CC(=O)C(COC(=O)CC(C)O[Si](C)(C)C(C)(C)C)NC(=O)c1nccc(C)c1O. The summed E-state index contributed by atoms with van der Waals surface area (Å²) in [4.78, 5) is 40.3. The van der Waals surface area contributed by atoms with Gasteiger partial charge in [-0.1, -0.05) is 20.8 Å². The number of nitrogens with one attached hydrogen (secondary N) is 1. The summed E-state index contributed by atoms with van der Waals surface area (Å²) < 4.78 is 11.3.